The Morgan fingerprint density at radius 2 is 2.29 bits per heavy atom. The normalized spacial score (nSPS) is 21.2. The number of aromatic nitrogens is 1. The molecule has 0 radical (unpaired) electrons. The minimum Gasteiger partial charge on any atom is -0.349 e. The lowest BCUT2D eigenvalue weighted by Crippen LogP contribution is -2.42. The zero-order valence-corrected chi connectivity index (χ0v) is 12.6. The molecule has 1 aliphatic rings. The maximum Gasteiger partial charge on any atom is 0.252 e. The highest BCUT2D eigenvalue weighted by atomic mass is 16.1. The van der Waals surface area contributed by atoms with Crippen LogP contribution in [0.4, 0.5) is 0 Å². The molecule has 0 spiro atoms. The van der Waals surface area contributed by atoms with Gasteiger partial charge in [-0.3, -0.25) is 9.78 Å². The van der Waals surface area contributed by atoms with Crippen LogP contribution in [0.2, 0.25) is 0 Å². The van der Waals surface area contributed by atoms with Crippen LogP contribution in [0.25, 0.3) is 0 Å². The maximum atomic E-state index is 12.5. The molecular formula is C17H23N3O. The molecule has 1 amide bonds. The number of pyridine rings is 1. The van der Waals surface area contributed by atoms with Gasteiger partial charge >= 0.3 is 0 Å². The predicted molar refractivity (Wildman–Crippen MR) is 83.7 cm³/mol. The van der Waals surface area contributed by atoms with Gasteiger partial charge in [-0.1, -0.05) is 38.0 Å². The number of amides is 1. The Bertz CT molecular complexity index is 544. The van der Waals surface area contributed by atoms with E-state index in [-0.39, 0.29) is 18.5 Å². The predicted octanol–water partition coefficient (Wildman–Crippen LogP) is 2.09. The van der Waals surface area contributed by atoms with Crippen molar-refractivity contribution >= 4 is 5.91 Å². The average Bonchev–Trinajstić information content (AvgIpc) is 2.53. The molecule has 0 bridgehead atoms. The molecule has 0 aliphatic heterocycles. The van der Waals surface area contributed by atoms with Gasteiger partial charge in [0.05, 0.1) is 17.7 Å². The van der Waals surface area contributed by atoms with Crippen molar-refractivity contribution in [2.45, 2.75) is 45.1 Å². The summed E-state index contributed by atoms with van der Waals surface area (Å²) in [5, 5.41) is 3.19. The van der Waals surface area contributed by atoms with Crippen LogP contribution in [-0.4, -0.2) is 23.5 Å². The standard InChI is InChI=1S/C17H23N3O/c1-2-13-6-3-4-8-16(13)20-17(21)15-9-11-19-12-14(15)7-5-10-18/h9,11-13,16H,2-4,6,8,10,18H2,1H3,(H,20,21). The van der Waals surface area contributed by atoms with Crippen LogP contribution in [0.15, 0.2) is 18.5 Å². The maximum absolute atomic E-state index is 12.5. The molecule has 1 aromatic heterocycles. The Morgan fingerprint density at radius 3 is 3.05 bits per heavy atom. The second kappa shape index (κ2) is 7.80. The molecular weight excluding hydrogens is 262 g/mol. The van der Waals surface area contributed by atoms with Gasteiger partial charge in [0.15, 0.2) is 0 Å². The van der Waals surface area contributed by atoms with Crippen molar-refractivity contribution in [2.24, 2.45) is 11.7 Å². The second-order valence-corrected chi connectivity index (χ2v) is 5.46. The third-order valence-electron chi connectivity index (χ3n) is 4.14. The molecule has 2 atom stereocenters. The number of carbonyl (C=O) groups is 1. The smallest absolute Gasteiger partial charge is 0.252 e. The fourth-order valence-corrected chi connectivity index (χ4v) is 2.97. The molecule has 112 valence electrons. The zero-order chi connectivity index (χ0) is 15.1. The van der Waals surface area contributed by atoms with Crippen molar-refractivity contribution in [3.05, 3.63) is 29.6 Å². The molecule has 1 aliphatic carbocycles. The Kier molecular flexibility index (Phi) is 5.77. The topological polar surface area (TPSA) is 68.0 Å². The minimum absolute atomic E-state index is 0.0518. The molecule has 0 saturated heterocycles. The fourth-order valence-electron chi connectivity index (χ4n) is 2.97. The van der Waals surface area contributed by atoms with E-state index in [9.17, 15) is 4.79 Å². The largest absolute Gasteiger partial charge is 0.349 e. The zero-order valence-electron chi connectivity index (χ0n) is 12.6. The van der Waals surface area contributed by atoms with Crippen LogP contribution in [-0.2, 0) is 0 Å². The summed E-state index contributed by atoms with van der Waals surface area (Å²) in [5.74, 6) is 6.23. The quantitative estimate of drug-likeness (QED) is 0.836. The molecule has 4 heteroatoms. The van der Waals surface area contributed by atoms with E-state index in [0.717, 1.165) is 12.8 Å². The number of hydrogen-bond acceptors (Lipinski definition) is 3. The number of nitrogens with zero attached hydrogens (tertiary/aromatic N) is 1. The Hall–Kier alpha value is -1.86. The first-order chi connectivity index (χ1) is 10.3. The molecule has 3 N–H and O–H groups in total. The first kappa shape index (κ1) is 15.5. The van der Waals surface area contributed by atoms with Crippen LogP contribution >= 0.6 is 0 Å². The molecule has 4 nitrogen and oxygen atoms in total. The van der Waals surface area contributed by atoms with Gasteiger partial charge in [0.1, 0.15) is 0 Å². The summed E-state index contributed by atoms with van der Waals surface area (Å²) >= 11 is 0. The highest BCUT2D eigenvalue weighted by Crippen LogP contribution is 2.27. The lowest BCUT2D eigenvalue weighted by Gasteiger charge is -2.31. The lowest BCUT2D eigenvalue weighted by molar-refractivity contribution is 0.0904. The molecule has 1 saturated carbocycles. The fraction of sp³-hybridized carbons (Fsp3) is 0.529. The Balaban J connectivity index is 2.13. The van der Waals surface area contributed by atoms with Gasteiger partial charge in [-0.25, -0.2) is 0 Å². The van der Waals surface area contributed by atoms with E-state index >= 15 is 0 Å². The van der Waals surface area contributed by atoms with Gasteiger partial charge in [-0.05, 0) is 24.8 Å². The van der Waals surface area contributed by atoms with E-state index in [2.05, 4.69) is 29.1 Å². The van der Waals surface area contributed by atoms with Crippen molar-refractivity contribution in [1.29, 1.82) is 0 Å². The van der Waals surface area contributed by atoms with Crippen molar-refractivity contribution in [2.75, 3.05) is 6.54 Å². The van der Waals surface area contributed by atoms with Gasteiger partial charge in [-0.2, -0.15) is 0 Å². The van der Waals surface area contributed by atoms with Crippen molar-refractivity contribution in [3.8, 4) is 11.8 Å². The third-order valence-corrected chi connectivity index (χ3v) is 4.14. The third kappa shape index (κ3) is 4.05. The molecule has 0 aromatic carbocycles. The Morgan fingerprint density at radius 1 is 1.48 bits per heavy atom. The van der Waals surface area contributed by atoms with Crippen LogP contribution in [0.1, 0.15) is 54.9 Å². The van der Waals surface area contributed by atoms with Crippen LogP contribution in [0.5, 0.6) is 0 Å². The van der Waals surface area contributed by atoms with Crippen LogP contribution in [0.3, 0.4) is 0 Å². The average molecular weight is 285 g/mol. The van der Waals surface area contributed by atoms with E-state index in [1.54, 1.807) is 18.5 Å². The summed E-state index contributed by atoms with van der Waals surface area (Å²) in [6.07, 6.45) is 9.10. The first-order valence-corrected chi connectivity index (χ1v) is 7.70. The molecule has 1 fully saturated rings. The van der Waals surface area contributed by atoms with Gasteiger partial charge in [0.25, 0.3) is 5.91 Å². The second-order valence-electron chi connectivity index (χ2n) is 5.46. The van der Waals surface area contributed by atoms with Gasteiger partial charge in [0.2, 0.25) is 0 Å². The molecule has 1 heterocycles. The van der Waals surface area contributed by atoms with E-state index in [1.807, 2.05) is 0 Å². The number of nitrogens with two attached hydrogens (primary N) is 1. The summed E-state index contributed by atoms with van der Waals surface area (Å²) in [6.45, 7) is 2.47. The van der Waals surface area contributed by atoms with Gasteiger partial charge in [0, 0.05) is 18.4 Å². The Labute approximate surface area is 126 Å². The van der Waals surface area contributed by atoms with E-state index < -0.39 is 0 Å². The van der Waals surface area contributed by atoms with Crippen LogP contribution < -0.4 is 11.1 Å². The van der Waals surface area contributed by atoms with E-state index in [4.69, 9.17) is 5.73 Å². The van der Waals surface area contributed by atoms with Gasteiger partial charge in [-0.15, -0.1) is 0 Å². The molecule has 21 heavy (non-hydrogen) atoms. The molecule has 2 unspecified atom stereocenters. The summed E-state index contributed by atoms with van der Waals surface area (Å²) in [7, 11) is 0. The molecule has 1 aromatic rings. The monoisotopic (exact) mass is 285 g/mol. The number of hydrogen-bond donors (Lipinski definition) is 2. The van der Waals surface area contributed by atoms with Crippen molar-refractivity contribution < 1.29 is 4.79 Å². The van der Waals surface area contributed by atoms with Crippen molar-refractivity contribution in [1.82, 2.24) is 10.3 Å². The van der Waals surface area contributed by atoms with E-state index in [0.29, 0.717) is 17.0 Å². The van der Waals surface area contributed by atoms with Crippen molar-refractivity contribution in [3.63, 3.8) is 0 Å². The van der Waals surface area contributed by atoms with E-state index in [1.165, 1.54) is 19.3 Å². The highest BCUT2D eigenvalue weighted by molar-refractivity contribution is 5.96. The summed E-state index contributed by atoms with van der Waals surface area (Å²) in [4.78, 5) is 16.6. The highest BCUT2D eigenvalue weighted by Gasteiger charge is 2.25. The summed E-state index contributed by atoms with van der Waals surface area (Å²) in [5.41, 5.74) is 6.63. The van der Waals surface area contributed by atoms with Gasteiger partial charge < -0.3 is 11.1 Å². The number of carbonyl (C=O) groups excluding carboxylic acids is 1. The number of nitrogens with one attached hydrogen (secondary N) is 1. The summed E-state index contributed by atoms with van der Waals surface area (Å²) < 4.78 is 0. The minimum atomic E-state index is -0.0518. The lowest BCUT2D eigenvalue weighted by atomic mass is 9.83. The molecule has 2 rings (SSSR count). The first-order valence-electron chi connectivity index (χ1n) is 7.70. The summed E-state index contributed by atoms with van der Waals surface area (Å²) in [6, 6.07) is 2.00. The number of rotatable bonds is 3. The SMILES string of the molecule is CCC1CCCCC1NC(=O)c1ccncc1C#CCN. The van der Waals surface area contributed by atoms with Crippen LogP contribution in [0, 0.1) is 17.8 Å².